The van der Waals surface area contributed by atoms with Crippen molar-refractivity contribution in [1.29, 1.82) is 0 Å². The number of nitrogens with one attached hydrogen (secondary N) is 1. The van der Waals surface area contributed by atoms with Crippen molar-refractivity contribution in [3.05, 3.63) is 77.0 Å². The number of hydrogen-bond acceptors (Lipinski definition) is 3. The smallest absolute Gasteiger partial charge is 0.257 e. The molecule has 1 amide bonds. The molecule has 0 aliphatic heterocycles. The molecule has 0 unspecified atom stereocenters. The van der Waals surface area contributed by atoms with Gasteiger partial charge in [-0.3, -0.25) is 4.79 Å². The molecule has 0 radical (unpaired) electrons. The lowest BCUT2D eigenvalue weighted by Gasteiger charge is -2.15. The predicted octanol–water partition coefficient (Wildman–Crippen LogP) is 4.70. The van der Waals surface area contributed by atoms with Crippen molar-refractivity contribution in [2.75, 3.05) is 0 Å². The van der Waals surface area contributed by atoms with Crippen molar-refractivity contribution < 1.29 is 9.32 Å². The van der Waals surface area contributed by atoms with Crippen LogP contribution in [0.3, 0.4) is 0 Å². The van der Waals surface area contributed by atoms with Gasteiger partial charge in [0.15, 0.2) is 0 Å². The average molecular weight is 334 g/mol. The van der Waals surface area contributed by atoms with Gasteiger partial charge in [0, 0.05) is 5.56 Å². The van der Waals surface area contributed by atoms with Gasteiger partial charge in [-0.15, -0.1) is 0 Å². The zero-order valence-corrected chi connectivity index (χ0v) is 14.7. The molecule has 25 heavy (non-hydrogen) atoms. The van der Waals surface area contributed by atoms with Crippen LogP contribution in [0.1, 0.15) is 47.1 Å². The summed E-state index contributed by atoms with van der Waals surface area (Å²) in [5.74, 6) is 0.342. The van der Waals surface area contributed by atoms with Gasteiger partial charge in [0.1, 0.15) is 17.0 Å². The zero-order chi connectivity index (χ0) is 17.8. The Bertz CT molecular complexity index is 851. The molecule has 0 saturated carbocycles. The Hall–Kier alpha value is -2.88. The molecule has 1 heterocycles. The number of aromatic nitrogens is 1. The second kappa shape index (κ2) is 7.34. The molecule has 2 aromatic carbocycles. The fourth-order valence-electron chi connectivity index (χ4n) is 2.83. The van der Waals surface area contributed by atoms with Crippen LogP contribution in [0.15, 0.2) is 59.1 Å². The number of aryl methyl sites for hydroxylation is 2. The molecule has 3 rings (SSSR count). The first-order chi connectivity index (χ1) is 12.1. The van der Waals surface area contributed by atoms with Gasteiger partial charge in [-0.25, -0.2) is 0 Å². The molecule has 3 aromatic rings. The maximum atomic E-state index is 12.8. The summed E-state index contributed by atoms with van der Waals surface area (Å²) < 4.78 is 5.28. The molecule has 1 N–H and O–H groups in total. The maximum Gasteiger partial charge on any atom is 0.257 e. The lowest BCUT2D eigenvalue weighted by molar-refractivity contribution is 0.0939. The van der Waals surface area contributed by atoms with Gasteiger partial charge in [-0.1, -0.05) is 66.7 Å². The van der Waals surface area contributed by atoms with E-state index in [2.05, 4.69) is 41.7 Å². The van der Waals surface area contributed by atoms with Crippen molar-refractivity contribution in [3.63, 3.8) is 0 Å². The summed E-state index contributed by atoms with van der Waals surface area (Å²) in [6.07, 6.45) is 1.00. The Morgan fingerprint density at radius 2 is 1.80 bits per heavy atom. The fourth-order valence-corrected chi connectivity index (χ4v) is 2.83. The molecule has 0 aliphatic carbocycles. The predicted molar refractivity (Wildman–Crippen MR) is 98.4 cm³/mol. The van der Waals surface area contributed by atoms with Crippen LogP contribution >= 0.6 is 0 Å². The number of hydrogen-bond donors (Lipinski definition) is 1. The van der Waals surface area contributed by atoms with Gasteiger partial charge in [-0.05, 0) is 31.4 Å². The molecule has 0 fully saturated rings. The maximum absolute atomic E-state index is 12.8. The standard InChI is InChI=1S/C21H22N2O2/c1-4-16-10-12-17(13-11-16)14(2)22-21(24)19-15(3)25-23-20(19)18-8-6-5-7-9-18/h5-14H,4H2,1-3H3,(H,22,24)/t14-/m1/s1. The third kappa shape index (κ3) is 3.63. The Morgan fingerprint density at radius 1 is 1.12 bits per heavy atom. The highest BCUT2D eigenvalue weighted by molar-refractivity contribution is 6.00. The van der Waals surface area contributed by atoms with E-state index in [0.29, 0.717) is 17.0 Å². The topological polar surface area (TPSA) is 55.1 Å². The van der Waals surface area contributed by atoms with E-state index >= 15 is 0 Å². The van der Waals surface area contributed by atoms with Crippen LogP contribution in [0.2, 0.25) is 0 Å². The van der Waals surface area contributed by atoms with Gasteiger partial charge >= 0.3 is 0 Å². The van der Waals surface area contributed by atoms with Crippen LogP contribution in [0, 0.1) is 6.92 Å². The van der Waals surface area contributed by atoms with Crippen molar-refractivity contribution in [3.8, 4) is 11.3 Å². The van der Waals surface area contributed by atoms with E-state index in [1.165, 1.54) is 5.56 Å². The minimum Gasteiger partial charge on any atom is -0.360 e. The van der Waals surface area contributed by atoms with Crippen LogP contribution in [0.25, 0.3) is 11.3 Å². The monoisotopic (exact) mass is 334 g/mol. The van der Waals surface area contributed by atoms with E-state index < -0.39 is 0 Å². The largest absolute Gasteiger partial charge is 0.360 e. The zero-order valence-electron chi connectivity index (χ0n) is 14.7. The Labute approximate surface area is 147 Å². The van der Waals surface area contributed by atoms with Crippen LogP contribution in [-0.4, -0.2) is 11.1 Å². The molecule has 0 aliphatic rings. The summed E-state index contributed by atoms with van der Waals surface area (Å²) in [7, 11) is 0. The van der Waals surface area contributed by atoms with E-state index in [9.17, 15) is 4.79 Å². The van der Waals surface area contributed by atoms with E-state index in [4.69, 9.17) is 4.52 Å². The number of rotatable bonds is 5. The Balaban J connectivity index is 1.82. The van der Waals surface area contributed by atoms with Gasteiger partial charge in [0.05, 0.1) is 6.04 Å². The van der Waals surface area contributed by atoms with Crippen molar-refractivity contribution in [2.24, 2.45) is 0 Å². The second-order valence-corrected chi connectivity index (χ2v) is 6.12. The first-order valence-corrected chi connectivity index (χ1v) is 8.51. The summed E-state index contributed by atoms with van der Waals surface area (Å²) >= 11 is 0. The molecule has 0 spiro atoms. The van der Waals surface area contributed by atoms with Crippen LogP contribution in [0.4, 0.5) is 0 Å². The SMILES string of the molecule is CCc1ccc([C@@H](C)NC(=O)c2c(-c3ccccc3)noc2C)cc1. The van der Waals surface area contributed by atoms with Crippen LogP contribution < -0.4 is 5.32 Å². The lowest BCUT2D eigenvalue weighted by atomic mass is 10.0. The third-order valence-corrected chi connectivity index (χ3v) is 4.37. The minimum absolute atomic E-state index is 0.101. The average Bonchev–Trinajstić information content (AvgIpc) is 3.04. The summed E-state index contributed by atoms with van der Waals surface area (Å²) in [4.78, 5) is 12.8. The molecular weight excluding hydrogens is 312 g/mol. The normalized spacial score (nSPS) is 12.0. The number of carbonyl (C=O) groups excluding carboxylic acids is 1. The van der Waals surface area contributed by atoms with Crippen LogP contribution in [0.5, 0.6) is 0 Å². The van der Waals surface area contributed by atoms with E-state index in [1.807, 2.05) is 37.3 Å². The first kappa shape index (κ1) is 17.0. The van der Waals surface area contributed by atoms with Gasteiger partial charge in [0.2, 0.25) is 0 Å². The summed E-state index contributed by atoms with van der Waals surface area (Å²) in [5.41, 5.74) is 4.28. The number of nitrogens with zero attached hydrogens (tertiary/aromatic N) is 1. The number of amides is 1. The Morgan fingerprint density at radius 3 is 2.44 bits per heavy atom. The molecule has 1 atom stereocenters. The van der Waals surface area contributed by atoms with Crippen molar-refractivity contribution in [2.45, 2.75) is 33.2 Å². The quantitative estimate of drug-likeness (QED) is 0.735. The summed E-state index contributed by atoms with van der Waals surface area (Å²) in [6, 6.07) is 17.8. The molecule has 128 valence electrons. The minimum atomic E-state index is -0.176. The summed E-state index contributed by atoms with van der Waals surface area (Å²) in [5, 5.41) is 7.12. The second-order valence-electron chi connectivity index (χ2n) is 6.12. The third-order valence-electron chi connectivity index (χ3n) is 4.37. The van der Waals surface area contributed by atoms with Gasteiger partial charge in [-0.2, -0.15) is 0 Å². The molecule has 0 saturated heterocycles. The highest BCUT2D eigenvalue weighted by atomic mass is 16.5. The Kier molecular flexibility index (Phi) is 4.98. The summed E-state index contributed by atoms with van der Waals surface area (Å²) in [6.45, 7) is 5.86. The number of benzene rings is 2. The number of carbonyl (C=O) groups is 1. The lowest BCUT2D eigenvalue weighted by Crippen LogP contribution is -2.27. The van der Waals surface area contributed by atoms with Crippen molar-refractivity contribution >= 4 is 5.91 Å². The van der Waals surface area contributed by atoms with Gasteiger partial charge in [0.25, 0.3) is 5.91 Å². The molecular formula is C21H22N2O2. The molecule has 4 nitrogen and oxygen atoms in total. The van der Waals surface area contributed by atoms with Gasteiger partial charge < -0.3 is 9.84 Å². The van der Waals surface area contributed by atoms with E-state index in [1.54, 1.807) is 6.92 Å². The molecule has 0 bridgehead atoms. The molecule has 1 aromatic heterocycles. The van der Waals surface area contributed by atoms with Crippen molar-refractivity contribution in [1.82, 2.24) is 10.5 Å². The van der Waals surface area contributed by atoms with E-state index in [-0.39, 0.29) is 11.9 Å². The van der Waals surface area contributed by atoms with E-state index in [0.717, 1.165) is 17.5 Å². The highest BCUT2D eigenvalue weighted by Crippen LogP contribution is 2.25. The highest BCUT2D eigenvalue weighted by Gasteiger charge is 2.22. The fraction of sp³-hybridized carbons (Fsp3) is 0.238. The molecule has 4 heteroatoms. The van der Waals surface area contributed by atoms with Crippen LogP contribution in [-0.2, 0) is 6.42 Å². The first-order valence-electron chi connectivity index (χ1n) is 8.51.